The molecule has 1 aliphatic rings. The number of hydrogen-bond donors (Lipinski definition) is 1. The SMILES string of the molecule is N#Cc1ccc(Br)cc1N1CC(CN)CC1=O. The third-order valence-electron chi connectivity index (χ3n) is 2.91. The first-order chi connectivity index (χ1) is 8.15. The van der Waals surface area contributed by atoms with E-state index in [9.17, 15) is 4.79 Å². The predicted molar refractivity (Wildman–Crippen MR) is 68.4 cm³/mol. The molecule has 0 saturated carbocycles. The quantitative estimate of drug-likeness (QED) is 0.901. The van der Waals surface area contributed by atoms with Crippen LogP contribution in [0.5, 0.6) is 0 Å². The minimum Gasteiger partial charge on any atom is -0.330 e. The highest BCUT2D eigenvalue weighted by atomic mass is 79.9. The number of hydrogen-bond acceptors (Lipinski definition) is 3. The summed E-state index contributed by atoms with van der Waals surface area (Å²) in [5.74, 6) is 0.225. The summed E-state index contributed by atoms with van der Waals surface area (Å²) in [6.45, 7) is 1.10. The molecule has 1 unspecified atom stereocenters. The molecule has 1 aromatic carbocycles. The number of nitriles is 1. The molecule has 5 heteroatoms. The number of nitrogens with two attached hydrogens (primary N) is 1. The maximum absolute atomic E-state index is 11.9. The molecule has 1 heterocycles. The summed E-state index contributed by atoms with van der Waals surface area (Å²) in [5, 5.41) is 9.05. The number of carbonyl (C=O) groups excluding carboxylic acids is 1. The van der Waals surface area contributed by atoms with Crippen LogP contribution in [0, 0.1) is 17.2 Å². The minimum atomic E-state index is 0.0371. The summed E-state index contributed by atoms with van der Waals surface area (Å²) >= 11 is 3.35. The van der Waals surface area contributed by atoms with Crippen molar-refractivity contribution >= 4 is 27.5 Å². The number of anilines is 1. The van der Waals surface area contributed by atoms with Crippen LogP contribution in [0.25, 0.3) is 0 Å². The zero-order valence-corrected chi connectivity index (χ0v) is 10.8. The third kappa shape index (κ3) is 2.33. The summed E-state index contributed by atoms with van der Waals surface area (Å²) in [6, 6.07) is 7.41. The fourth-order valence-electron chi connectivity index (χ4n) is 1.99. The first kappa shape index (κ1) is 12.1. The molecular weight excluding hydrogens is 282 g/mol. The molecule has 2 rings (SSSR count). The van der Waals surface area contributed by atoms with Gasteiger partial charge in [0.2, 0.25) is 5.91 Å². The monoisotopic (exact) mass is 293 g/mol. The van der Waals surface area contributed by atoms with Crippen LogP contribution in [-0.4, -0.2) is 19.0 Å². The van der Waals surface area contributed by atoms with E-state index < -0.39 is 0 Å². The predicted octanol–water partition coefficient (Wildman–Crippen LogP) is 1.63. The van der Waals surface area contributed by atoms with Gasteiger partial charge in [-0.05, 0) is 30.7 Å². The minimum absolute atomic E-state index is 0.0371. The van der Waals surface area contributed by atoms with Crippen molar-refractivity contribution in [3.8, 4) is 6.07 Å². The fourth-order valence-corrected chi connectivity index (χ4v) is 2.34. The van der Waals surface area contributed by atoms with Crippen LogP contribution in [0.4, 0.5) is 5.69 Å². The van der Waals surface area contributed by atoms with E-state index >= 15 is 0 Å². The summed E-state index contributed by atoms with van der Waals surface area (Å²) in [4.78, 5) is 13.5. The highest BCUT2D eigenvalue weighted by Gasteiger charge is 2.30. The van der Waals surface area contributed by atoms with Crippen molar-refractivity contribution in [2.45, 2.75) is 6.42 Å². The van der Waals surface area contributed by atoms with Gasteiger partial charge in [0.1, 0.15) is 6.07 Å². The van der Waals surface area contributed by atoms with Gasteiger partial charge in [-0.3, -0.25) is 4.79 Å². The zero-order chi connectivity index (χ0) is 12.4. The Labute approximate surface area is 108 Å². The number of amides is 1. The number of carbonyl (C=O) groups is 1. The Morgan fingerprint density at radius 3 is 2.94 bits per heavy atom. The highest BCUT2D eigenvalue weighted by molar-refractivity contribution is 9.10. The maximum atomic E-state index is 11.9. The van der Waals surface area contributed by atoms with Crippen LogP contribution in [0.15, 0.2) is 22.7 Å². The smallest absolute Gasteiger partial charge is 0.227 e. The van der Waals surface area contributed by atoms with Gasteiger partial charge in [-0.2, -0.15) is 5.26 Å². The second-order valence-electron chi connectivity index (χ2n) is 4.08. The second kappa shape index (κ2) is 4.86. The van der Waals surface area contributed by atoms with E-state index in [1.165, 1.54) is 0 Å². The topological polar surface area (TPSA) is 70.1 Å². The van der Waals surface area contributed by atoms with E-state index in [1.54, 1.807) is 23.1 Å². The Kier molecular flexibility index (Phi) is 3.46. The Balaban J connectivity index is 2.37. The average molecular weight is 294 g/mol. The molecule has 0 aromatic heterocycles. The van der Waals surface area contributed by atoms with Crippen LogP contribution in [0.3, 0.4) is 0 Å². The molecule has 1 amide bonds. The molecule has 17 heavy (non-hydrogen) atoms. The molecule has 2 N–H and O–H groups in total. The average Bonchev–Trinajstić information content (AvgIpc) is 2.70. The molecule has 88 valence electrons. The van der Waals surface area contributed by atoms with Crippen molar-refractivity contribution in [3.05, 3.63) is 28.2 Å². The van der Waals surface area contributed by atoms with E-state index in [-0.39, 0.29) is 11.8 Å². The number of rotatable bonds is 2. The molecule has 1 aliphatic heterocycles. The molecule has 0 aliphatic carbocycles. The molecule has 1 atom stereocenters. The number of benzene rings is 1. The third-order valence-corrected chi connectivity index (χ3v) is 3.40. The van der Waals surface area contributed by atoms with Crippen LogP contribution in [0.1, 0.15) is 12.0 Å². The normalized spacial score (nSPS) is 19.5. The van der Waals surface area contributed by atoms with Gasteiger partial charge in [-0.15, -0.1) is 0 Å². The van der Waals surface area contributed by atoms with E-state index in [2.05, 4.69) is 22.0 Å². The van der Waals surface area contributed by atoms with Crippen molar-refractivity contribution in [1.82, 2.24) is 0 Å². The molecule has 0 bridgehead atoms. The number of nitrogens with zero attached hydrogens (tertiary/aromatic N) is 2. The van der Waals surface area contributed by atoms with Crippen LogP contribution < -0.4 is 10.6 Å². The lowest BCUT2D eigenvalue weighted by molar-refractivity contribution is -0.117. The van der Waals surface area contributed by atoms with Crippen molar-refractivity contribution in [1.29, 1.82) is 5.26 Å². The Hall–Kier alpha value is -1.38. The summed E-state index contributed by atoms with van der Waals surface area (Å²) in [6.07, 6.45) is 0.466. The first-order valence-corrected chi connectivity index (χ1v) is 6.15. The molecule has 1 aromatic rings. The van der Waals surface area contributed by atoms with Gasteiger partial charge in [0.15, 0.2) is 0 Å². The van der Waals surface area contributed by atoms with Gasteiger partial charge >= 0.3 is 0 Å². The van der Waals surface area contributed by atoms with Crippen molar-refractivity contribution in [2.75, 3.05) is 18.0 Å². The molecule has 0 spiro atoms. The van der Waals surface area contributed by atoms with Crippen molar-refractivity contribution in [3.63, 3.8) is 0 Å². The van der Waals surface area contributed by atoms with Gasteiger partial charge in [0, 0.05) is 17.4 Å². The molecular formula is C12H12BrN3O. The van der Waals surface area contributed by atoms with Gasteiger partial charge in [0.25, 0.3) is 0 Å². The lowest BCUT2D eigenvalue weighted by Crippen LogP contribution is -2.26. The van der Waals surface area contributed by atoms with Crippen LogP contribution >= 0.6 is 15.9 Å². The molecule has 4 nitrogen and oxygen atoms in total. The standard InChI is InChI=1S/C12H12BrN3O/c13-10-2-1-9(6-15)11(4-10)16-7-8(5-14)3-12(16)17/h1-2,4,8H,3,5,7,14H2. The maximum Gasteiger partial charge on any atom is 0.227 e. The van der Waals surface area contributed by atoms with E-state index in [1.807, 2.05) is 0 Å². The zero-order valence-electron chi connectivity index (χ0n) is 9.19. The summed E-state index contributed by atoms with van der Waals surface area (Å²) < 4.78 is 0.857. The van der Waals surface area contributed by atoms with Gasteiger partial charge in [-0.25, -0.2) is 0 Å². The lowest BCUT2D eigenvalue weighted by atomic mass is 10.1. The van der Waals surface area contributed by atoms with Crippen LogP contribution in [0.2, 0.25) is 0 Å². The van der Waals surface area contributed by atoms with E-state index in [0.717, 1.165) is 4.47 Å². The van der Waals surface area contributed by atoms with Crippen molar-refractivity contribution in [2.24, 2.45) is 11.7 Å². The van der Waals surface area contributed by atoms with Crippen LogP contribution in [-0.2, 0) is 4.79 Å². The summed E-state index contributed by atoms with van der Waals surface area (Å²) in [5.41, 5.74) is 6.77. The largest absolute Gasteiger partial charge is 0.330 e. The Bertz CT molecular complexity index is 495. The van der Waals surface area contributed by atoms with Gasteiger partial charge in [0.05, 0.1) is 11.3 Å². The summed E-state index contributed by atoms with van der Waals surface area (Å²) in [7, 11) is 0. The van der Waals surface area contributed by atoms with E-state index in [0.29, 0.717) is 30.8 Å². The van der Waals surface area contributed by atoms with Crippen molar-refractivity contribution < 1.29 is 4.79 Å². The Morgan fingerprint density at radius 2 is 2.35 bits per heavy atom. The van der Waals surface area contributed by atoms with Gasteiger partial charge < -0.3 is 10.6 Å². The second-order valence-corrected chi connectivity index (χ2v) is 5.00. The molecule has 1 fully saturated rings. The highest BCUT2D eigenvalue weighted by Crippen LogP contribution is 2.29. The van der Waals surface area contributed by atoms with E-state index in [4.69, 9.17) is 11.0 Å². The number of halogens is 1. The lowest BCUT2D eigenvalue weighted by Gasteiger charge is -2.18. The Morgan fingerprint density at radius 1 is 1.59 bits per heavy atom. The van der Waals surface area contributed by atoms with Gasteiger partial charge in [-0.1, -0.05) is 15.9 Å². The first-order valence-electron chi connectivity index (χ1n) is 5.35. The fraction of sp³-hybridized carbons (Fsp3) is 0.333. The molecule has 0 radical (unpaired) electrons. The molecule has 1 saturated heterocycles.